The Bertz CT molecular complexity index is 849. The number of rotatable bonds is 4. The van der Waals surface area contributed by atoms with Gasteiger partial charge in [-0.15, -0.1) is 0 Å². The molecule has 1 N–H and O–H groups in total. The van der Waals surface area contributed by atoms with E-state index in [9.17, 15) is 14.4 Å². The molecule has 0 aliphatic heterocycles. The number of methoxy groups -OCH3 is 2. The number of carbonyl (C=O) groups is 3. The summed E-state index contributed by atoms with van der Waals surface area (Å²) in [6, 6.07) is 6.28. The molecule has 0 aliphatic carbocycles. The molecule has 146 valence electrons. The summed E-state index contributed by atoms with van der Waals surface area (Å²) in [5.74, 6) is -0.616. The van der Waals surface area contributed by atoms with Crippen LogP contribution >= 0.6 is 0 Å². The Labute approximate surface area is 157 Å². The van der Waals surface area contributed by atoms with Gasteiger partial charge < -0.3 is 19.5 Å². The first kappa shape index (κ1) is 20.3. The third-order valence-corrected chi connectivity index (χ3v) is 3.77. The van der Waals surface area contributed by atoms with Crippen LogP contribution in [0.25, 0.3) is 10.9 Å². The molecule has 1 heterocycles. The maximum Gasteiger partial charge on any atom is 0.419 e. The first-order chi connectivity index (χ1) is 12.7. The third-order valence-electron chi connectivity index (χ3n) is 3.77. The fourth-order valence-electron chi connectivity index (χ4n) is 2.63. The Morgan fingerprint density at radius 1 is 1.11 bits per heavy atom. The highest BCUT2D eigenvalue weighted by molar-refractivity contribution is 5.92. The lowest BCUT2D eigenvalue weighted by molar-refractivity contribution is -0.142. The van der Waals surface area contributed by atoms with Gasteiger partial charge in [-0.2, -0.15) is 0 Å². The first-order valence-corrected chi connectivity index (χ1v) is 8.41. The van der Waals surface area contributed by atoms with Crippen LogP contribution in [0.1, 0.15) is 26.3 Å². The highest BCUT2D eigenvalue weighted by Crippen LogP contribution is 2.24. The second kappa shape index (κ2) is 8.11. The molecule has 0 bridgehead atoms. The molecule has 0 saturated heterocycles. The number of alkyl carbamates (subject to hydrolysis) is 1. The van der Waals surface area contributed by atoms with Gasteiger partial charge in [0, 0.05) is 18.0 Å². The van der Waals surface area contributed by atoms with E-state index in [1.54, 1.807) is 39.1 Å². The van der Waals surface area contributed by atoms with Crippen molar-refractivity contribution in [3.63, 3.8) is 0 Å². The fraction of sp³-hybridized carbons (Fsp3) is 0.421. The number of nitrogens with one attached hydrogen (secondary N) is 1. The number of aromatic nitrogens is 1. The van der Waals surface area contributed by atoms with E-state index in [0.717, 1.165) is 5.39 Å². The third kappa shape index (κ3) is 4.99. The van der Waals surface area contributed by atoms with Crippen LogP contribution in [-0.2, 0) is 25.4 Å². The number of esters is 1. The molecule has 0 saturated carbocycles. The Balaban J connectivity index is 2.41. The summed E-state index contributed by atoms with van der Waals surface area (Å²) in [6.45, 7) is 5.35. The summed E-state index contributed by atoms with van der Waals surface area (Å²) in [5, 5.41) is 3.21. The van der Waals surface area contributed by atoms with Crippen LogP contribution in [0.15, 0.2) is 30.5 Å². The summed E-state index contributed by atoms with van der Waals surface area (Å²) in [5.41, 5.74) is 0.676. The van der Waals surface area contributed by atoms with Crippen molar-refractivity contribution in [1.29, 1.82) is 0 Å². The zero-order valence-electron chi connectivity index (χ0n) is 16.1. The molecular weight excluding hydrogens is 352 g/mol. The number of ether oxygens (including phenoxy) is 3. The zero-order valence-corrected chi connectivity index (χ0v) is 16.1. The fourth-order valence-corrected chi connectivity index (χ4v) is 2.63. The summed E-state index contributed by atoms with van der Waals surface area (Å²) >= 11 is 0. The van der Waals surface area contributed by atoms with Gasteiger partial charge in [0.1, 0.15) is 11.6 Å². The molecule has 1 amide bonds. The normalized spacial score (nSPS) is 12.3. The second-order valence-electron chi connectivity index (χ2n) is 6.94. The van der Waals surface area contributed by atoms with E-state index in [-0.39, 0.29) is 6.42 Å². The topological polar surface area (TPSA) is 95.9 Å². The number of para-hydroxylation sites is 1. The van der Waals surface area contributed by atoms with Crippen LogP contribution in [0.3, 0.4) is 0 Å². The average Bonchev–Trinajstić information content (AvgIpc) is 2.97. The van der Waals surface area contributed by atoms with Gasteiger partial charge in [-0.05, 0) is 32.4 Å². The number of hydrogen-bond acceptors (Lipinski definition) is 6. The van der Waals surface area contributed by atoms with Crippen molar-refractivity contribution in [3.8, 4) is 0 Å². The minimum Gasteiger partial charge on any atom is -0.467 e. The van der Waals surface area contributed by atoms with Crippen molar-refractivity contribution in [1.82, 2.24) is 9.88 Å². The molecule has 0 radical (unpaired) electrons. The Morgan fingerprint density at radius 2 is 1.78 bits per heavy atom. The van der Waals surface area contributed by atoms with Crippen LogP contribution in [0.5, 0.6) is 0 Å². The molecular formula is C19H24N2O6. The Kier molecular flexibility index (Phi) is 6.09. The van der Waals surface area contributed by atoms with Gasteiger partial charge in [0.2, 0.25) is 0 Å². The number of hydrogen-bond donors (Lipinski definition) is 1. The zero-order chi connectivity index (χ0) is 20.2. The summed E-state index contributed by atoms with van der Waals surface area (Å²) in [7, 11) is 2.44. The number of amides is 1. The van der Waals surface area contributed by atoms with Gasteiger partial charge >= 0.3 is 18.2 Å². The molecule has 8 nitrogen and oxygen atoms in total. The van der Waals surface area contributed by atoms with Crippen molar-refractivity contribution < 1.29 is 28.6 Å². The molecule has 0 spiro atoms. The predicted molar refractivity (Wildman–Crippen MR) is 98.6 cm³/mol. The first-order valence-electron chi connectivity index (χ1n) is 8.41. The molecule has 27 heavy (non-hydrogen) atoms. The quantitative estimate of drug-likeness (QED) is 0.651. The molecule has 1 aromatic carbocycles. The minimum atomic E-state index is -0.958. The number of nitrogens with zero attached hydrogens (tertiary/aromatic N) is 1. The van der Waals surface area contributed by atoms with Gasteiger partial charge in [-0.1, -0.05) is 18.2 Å². The number of benzene rings is 1. The van der Waals surface area contributed by atoms with Crippen molar-refractivity contribution in [3.05, 3.63) is 36.0 Å². The SMILES string of the molecule is COC(=O)N[C@H](Cc1cn(C(=O)OC(C)(C)C)c2ccccc12)C(=O)OC. The summed E-state index contributed by atoms with van der Waals surface area (Å²) in [4.78, 5) is 36.1. The van der Waals surface area contributed by atoms with Gasteiger partial charge in [-0.3, -0.25) is 4.57 Å². The van der Waals surface area contributed by atoms with E-state index < -0.39 is 29.8 Å². The van der Waals surface area contributed by atoms with E-state index in [1.807, 2.05) is 12.1 Å². The molecule has 0 fully saturated rings. The Hall–Kier alpha value is -3.03. The highest BCUT2D eigenvalue weighted by atomic mass is 16.6. The number of fused-ring (bicyclic) bond motifs is 1. The molecule has 0 aliphatic rings. The molecule has 0 unspecified atom stereocenters. The van der Waals surface area contributed by atoms with Crippen molar-refractivity contribution in [2.75, 3.05) is 14.2 Å². The van der Waals surface area contributed by atoms with Crippen molar-refractivity contribution in [2.45, 2.75) is 38.8 Å². The Morgan fingerprint density at radius 3 is 2.37 bits per heavy atom. The maximum absolute atomic E-state index is 12.5. The van der Waals surface area contributed by atoms with E-state index >= 15 is 0 Å². The van der Waals surface area contributed by atoms with E-state index in [0.29, 0.717) is 11.1 Å². The lowest BCUT2D eigenvalue weighted by Crippen LogP contribution is -2.43. The minimum absolute atomic E-state index is 0.123. The van der Waals surface area contributed by atoms with Crippen LogP contribution in [0.4, 0.5) is 9.59 Å². The monoisotopic (exact) mass is 376 g/mol. The molecule has 1 atom stereocenters. The highest BCUT2D eigenvalue weighted by Gasteiger charge is 2.26. The van der Waals surface area contributed by atoms with E-state index in [1.165, 1.54) is 18.8 Å². The van der Waals surface area contributed by atoms with E-state index in [2.05, 4.69) is 10.1 Å². The van der Waals surface area contributed by atoms with Crippen LogP contribution in [0, 0.1) is 0 Å². The van der Waals surface area contributed by atoms with Gasteiger partial charge in [0.05, 0.1) is 19.7 Å². The predicted octanol–water partition coefficient (Wildman–Crippen LogP) is 2.86. The van der Waals surface area contributed by atoms with Crippen molar-refractivity contribution >= 4 is 29.1 Å². The summed E-state index contributed by atoms with van der Waals surface area (Å²) < 4.78 is 16.2. The van der Waals surface area contributed by atoms with Gasteiger partial charge in [0.25, 0.3) is 0 Å². The molecule has 8 heteroatoms. The van der Waals surface area contributed by atoms with Crippen molar-refractivity contribution in [2.24, 2.45) is 0 Å². The molecule has 2 rings (SSSR count). The van der Waals surface area contributed by atoms with E-state index in [4.69, 9.17) is 9.47 Å². The average molecular weight is 376 g/mol. The standard InChI is InChI=1S/C19H24N2O6/c1-19(2,3)27-18(24)21-11-12(13-8-6-7-9-15(13)21)10-14(16(22)25-4)20-17(23)26-5/h6-9,11,14H,10H2,1-5H3,(H,20,23)/t14-/m1/s1. The van der Waals surface area contributed by atoms with Gasteiger partial charge in [-0.25, -0.2) is 14.4 Å². The molecule has 2 aromatic rings. The van der Waals surface area contributed by atoms with Crippen LogP contribution < -0.4 is 5.32 Å². The van der Waals surface area contributed by atoms with Crippen LogP contribution in [-0.4, -0.2) is 48.6 Å². The van der Waals surface area contributed by atoms with Gasteiger partial charge in [0.15, 0.2) is 0 Å². The maximum atomic E-state index is 12.5. The number of carbonyl (C=O) groups excluding carboxylic acids is 3. The lowest BCUT2D eigenvalue weighted by atomic mass is 10.1. The lowest BCUT2D eigenvalue weighted by Gasteiger charge is -2.19. The molecule has 1 aromatic heterocycles. The summed E-state index contributed by atoms with van der Waals surface area (Å²) in [6.07, 6.45) is 0.452. The second-order valence-corrected chi connectivity index (χ2v) is 6.94. The largest absolute Gasteiger partial charge is 0.467 e. The smallest absolute Gasteiger partial charge is 0.419 e. The van der Waals surface area contributed by atoms with Crippen LogP contribution in [0.2, 0.25) is 0 Å².